The van der Waals surface area contributed by atoms with Crippen LogP contribution in [0.5, 0.6) is 11.5 Å². The third kappa shape index (κ3) is 14.3. The van der Waals surface area contributed by atoms with Crippen LogP contribution < -0.4 is 36.1 Å². The fourth-order valence-electron chi connectivity index (χ4n) is 9.17. The van der Waals surface area contributed by atoms with Gasteiger partial charge < -0.3 is 44.9 Å². The number of halogens is 4. The van der Waals surface area contributed by atoms with Crippen molar-refractivity contribution in [1.82, 2.24) is 68.9 Å². The van der Waals surface area contributed by atoms with Crippen LogP contribution in [0, 0.1) is 23.3 Å². The average Bonchev–Trinajstić information content (AvgIpc) is 3.77. The monoisotopic (exact) mass is 1240 g/mol. The van der Waals surface area contributed by atoms with Crippen LogP contribution in [0.25, 0.3) is 56.5 Å². The summed E-state index contributed by atoms with van der Waals surface area (Å²) in [5.74, 6) is -0.0507. The molecule has 10 aromatic rings. The number of nitrogen functional groups attached to an aromatic ring is 2. The molecule has 2 aliphatic heterocycles. The number of ether oxygens (including phenoxy) is 2. The number of aromatic nitrogens is 12. The molecular weight excluding hydrogens is 1180 g/mol. The molecule has 0 saturated carbocycles. The number of fused-ring (bicyclic) bond motifs is 6. The molecule has 2 fully saturated rings. The van der Waals surface area contributed by atoms with Crippen LogP contribution in [-0.4, -0.2) is 189 Å². The normalized spacial score (nSPS) is 14.9. The molecule has 12 rings (SSSR count). The number of hydrogen-bond acceptors (Lipinski definition) is 23. The lowest BCUT2D eigenvalue weighted by atomic mass is 10.2. The molecule has 8 aromatic heterocycles. The van der Waals surface area contributed by atoms with E-state index in [1.54, 1.807) is 60.1 Å². The fourth-order valence-corrected chi connectivity index (χ4v) is 10.2. The largest absolute Gasteiger partial charge is 0.489 e. The third-order valence-electron chi connectivity index (χ3n) is 13.3. The van der Waals surface area contributed by atoms with E-state index in [1.165, 1.54) is 32.1 Å². The maximum atomic E-state index is 14.6. The Balaban J connectivity index is 0.000000153. The van der Waals surface area contributed by atoms with Gasteiger partial charge in [-0.05, 0) is 24.3 Å². The number of piperazine rings is 2. The Morgan fingerprint density at radius 1 is 0.612 bits per heavy atom. The van der Waals surface area contributed by atoms with Crippen molar-refractivity contribution in [3.05, 3.63) is 96.7 Å². The molecule has 5 N–H and O–H groups in total. The molecule has 2 aliphatic rings. The van der Waals surface area contributed by atoms with E-state index in [-0.39, 0.29) is 61.2 Å². The Labute approximate surface area is 486 Å². The molecule has 27 nitrogen and oxygen atoms in total. The van der Waals surface area contributed by atoms with Crippen molar-refractivity contribution in [2.45, 2.75) is 13.1 Å². The second kappa shape index (κ2) is 26.3. The van der Waals surface area contributed by atoms with E-state index in [4.69, 9.17) is 34.0 Å². The highest BCUT2D eigenvalue weighted by Gasteiger charge is 2.25. The lowest BCUT2D eigenvalue weighted by Crippen LogP contribution is -2.47. The van der Waals surface area contributed by atoms with Gasteiger partial charge in [-0.2, -0.15) is 37.6 Å². The van der Waals surface area contributed by atoms with Crippen molar-refractivity contribution < 1.29 is 56.9 Å². The van der Waals surface area contributed by atoms with Crippen LogP contribution in [0.15, 0.2) is 82.3 Å². The number of hydrogen-bond donors (Lipinski definition) is 3. The first kappa shape index (κ1) is 59.8. The van der Waals surface area contributed by atoms with E-state index in [1.807, 2.05) is 9.80 Å². The van der Waals surface area contributed by atoms with Gasteiger partial charge in [0.05, 0.1) is 97.7 Å². The smallest absolute Gasteiger partial charge is 0.264 e. The zero-order chi connectivity index (χ0) is 59.9. The van der Waals surface area contributed by atoms with Gasteiger partial charge in [0.2, 0.25) is 23.5 Å². The zero-order valence-corrected chi connectivity index (χ0v) is 48.5. The fraction of sp³-hybridized carbons (Fsp3) is 0.373. The predicted molar refractivity (Wildman–Crippen MR) is 308 cm³/mol. The highest BCUT2D eigenvalue weighted by Crippen LogP contribution is 2.31. The quantitative estimate of drug-likeness (QED) is 0.0769. The van der Waals surface area contributed by atoms with E-state index in [9.17, 15) is 34.4 Å². The molecule has 0 radical (unpaired) electrons. The van der Waals surface area contributed by atoms with Gasteiger partial charge in [0, 0.05) is 117 Å². The molecule has 10 heterocycles. The molecule has 34 heteroatoms. The average molecular weight is 1240 g/mol. The summed E-state index contributed by atoms with van der Waals surface area (Å²) in [6, 6.07) is 11.5. The van der Waals surface area contributed by atoms with E-state index in [2.05, 4.69) is 50.5 Å². The minimum atomic E-state index is -3.52. The minimum absolute atomic E-state index is 0.00498. The van der Waals surface area contributed by atoms with Crippen LogP contribution >= 0.6 is 0 Å². The Kier molecular flexibility index (Phi) is 18.5. The predicted octanol–water partition coefficient (Wildman–Crippen LogP) is 3.60. The van der Waals surface area contributed by atoms with Crippen LogP contribution in [0.4, 0.5) is 40.8 Å². The lowest BCUT2D eigenvalue weighted by molar-refractivity contribution is 0.245. The van der Waals surface area contributed by atoms with Crippen LogP contribution in [0.1, 0.15) is 0 Å². The first-order valence-corrected chi connectivity index (χ1v) is 31.6. The second-order valence-corrected chi connectivity index (χ2v) is 24.0. The zero-order valence-electron chi connectivity index (χ0n) is 46.0. The van der Waals surface area contributed by atoms with Crippen molar-refractivity contribution in [3.63, 3.8) is 0 Å². The van der Waals surface area contributed by atoms with Crippen LogP contribution in [0.3, 0.4) is 0 Å². The van der Waals surface area contributed by atoms with Crippen molar-refractivity contribution in [2.75, 3.05) is 130 Å². The standard InChI is InChI=1S/C25H27F2N9O3S.C13H18F2N2O2S.C13H13N7O4S/c1-40(37)12-11-39-21-14-19(17(26)13-18(21)27)34-7-4-33(5-8-34)6-9-35-23-16(15-29-35)24-30-22(20-3-2-10-38-20)32-36(24)25(28)31-23;1-20(18)7-6-19-13-9-12(10(14)8-11(13)15)17-4-2-16-3-5-17;1-25(21,22)24-6-4-19-11-8(7-15-19)12-16-10(9-3-2-5-23-9)18-20(12)13(14)17-11/h2-3,10,13-15H,4-9,11-12H2,1H3,(H2,28,31);8-9,16H,2-7H2,1H3;2-3,5,7H,4,6H2,1H3,(H2,14,17)/t40-;20-;/m11./s1. The molecule has 2 atom stereocenters. The summed E-state index contributed by atoms with van der Waals surface area (Å²) in [5.41, 5.74) is 14.9. The highest BCUT2D eigenvalue weighted by atomic mass is 32.2. The first-order chi connectivity index (χ1) is 40.9. The van der Waals surface area contributed by atoms with Gasteiger partial charge in [-0.15, -0.1) is 10.2 Å². The molecule has 0 bridgehead atoms. The van der Waals surface area contributed by atoms with Gasteiger partial charge in [-0.1, -0.05) is 0 Å². The number of benzene rings is 2. The van der Waals surface area contributed by atoms with Crippen molar-refractivity contribution in [3.8, 4) is 34.7 Å². The molecule has 2 saturated heterocycles. The van der Waals surface area contributed by atoms with E-state index < -0.39 is 55.0 Å². The molecule has 0 spiro atoms. The third-order valence-corrected chi connectivity index (χ3v) is 15.4. The topological polar surface area (TPSA) is 318 Å². The van der Waals surface area contributed by atoms with E-state index in [0.29, 0.717) is 115 Å². The highest BCUT2D eigenvalue weighted by molar-refractivity contribution is 7.86. The maximum Gasteiger partial charge on any atom is 0.264 e. The Morgan fingerprint density at radius 3 is 1.53 bits per heavy atom. The summed E-state index contributed by atoms with van der Waals surface area (Å²) in [7, 11) is -5.58. The number of rotatable bonds is 19. The van der Waals surface area contributed by atoms with Crippen molar-refractivity contribution in [1.29, 1.82) is 0 Å². The van der Waals surface area contributed by atoms with Gasteiger partial charge in [-0.3, -0.25) is 17.5 Å². The van der Waals surface area contributed by atoms with E-state index in [0.717, 1.165) is 36.9 Å². The summed E-state index contributed by atoms with van der Waals surface area (Å²) in [4.78, 5) is 23.8. The molecule has 0 aliphatic carbocycles. The van der Waals surface area contributed by atoms with Crippen LogP contribution in [0.2, 0.25) is 0 Å². The summed E-state index contributed by atoms with van der Waals surface area (Å²) in [6.45, 7) is 6.96. The lowest BCUT2D eigenvalue weighted by Gasteiger charge is -2.36. The Morgan fingerprint density at radius 2 is 1.08 bits per heavy atom. The number of nitrogens with two attached hydrogens (primary N) is 2. The number of anilines is 4. The molecule has 85 heavy (non-hydrogen) atoms. The minimum Gasteiger partial charge on any atom is -0.489 e. The van der Waals surface area contributed by atoms with Gasteiger partial charge in [-0.25, -0.2) is 36.9 Å². The molecular formula is C51H58F4N18O9S3. The summed E-state index contributed by atoms with van der Waals surface area (Å²) >= 11 is 0. The molecule has 0 amide bonds. The van der Waals surface area contributed by atoms with Gasteiger partial charge >= 0.3 is 0 Å². The Bertz CT molecular complexity index is 4110. The number of nitrogens with one attached hydrogen (secondary N) is 1. The summed E-state index contributed by atoms with van der Waals surface area (Å²) in [6.07, 6.45) is 10.4. The van der Waals surface area contributed by atoms with E-state index >= 15 is 0 Å². The van der Waals surface area contributed by atoms with Crippen LogP contribution in [-0.2, 0) is 49.0 Å². The molecule has 0 unspecified atom stereocenters. The van der Waals surface area contributed by atoms with Crippen molar-refractivity contribution >= 4 is 88.3 Å². The summed E-state index contributed by atoms with van der Waals surface area (Å²) in [5, 5.41) is 21.9. The van der Waals surface area contributed by atoms with Crippen molar-refractivity contribution in [2.24, 2.45) is 0 Å². The summed E-state index contributed by atoms with van der Waals surface area (Å²) < 4.78 is 133. The number of furan rings is 2. The van der Waals surface area contributed by atoms with Gasteiger partial charge in [0.15, 0.2) is 57.2 Å². The first-order valence-electron chi connectivity index (χ1n) is 26.3. The number of nitrogens with zero attached hydrogens (tertiary/aromatic N) is 15. The van der Waals surface area contributed by atoms with Gasteiger partial charge in [0.1, 0.15) is 11.6 Å². The second-order valence-electron chi connectivity index (χ2n) is 19.3. The molecule has 2 aromatic carbocycles. The van der Waals surface area contributed by atoms with Gasteiger partial charge in [0.25, 0.3) is 10.1 Å². The SMILES string of the molecule is CS(=O)(=O)OCCn1ncc2c1nc(N)n1nc(-c3ccco3)nc21.C[S@@](=O)CCOc1cc(N2CCN(CCn3ncc4c3nc(N)n3nc(-c5ccco5)nc43)CC2)c(F)cc1F.C[S@@](=O)CCOc1cc(N2CCNCC2)c(F)cc1F. The Hall–Kier alpha value is -8.31. The maximum absolute atomic E-state index is 14.6. The molecule has 452 valence electrons.